The standard InChI is InChI=1S/C28H24N2OPS/c1-22-28(32(33,24-15-7-3-8-16-24)25-17-9-4-10-18-25)29-20-12-11-19-27(29)30(22)21-26(31)23-13-5-2-6-14-23/h2-20H,21H2,1H3/q+1. The van der Waals surface area contributed by atoms with E-state index in [1.807, 2.05) is 54.6 Å². The van der Waals surface area contributed by atoms with Gasteiger partial charge >= 0.3 is 0 Å². The summed E-state index contributed by atoms with van der Waals surface area (Å²) in [4.78, 5) is 13.2. The molecule has 0 amide bonds. The van der Waals surface area contributed by atoms with Gasteiger partial charge in [0.05, 0.1) is 12.2 Å². The van der Waals surface area contributed by atoms with Gasteiger partial charge in [-0.2, -0.15) is 4.40 Å². The van der Waals surface area contributed by atoms with Gasteiger partial charge in [-0.15, -0.1) is 0 Å². The lowest BCUT2D eigenvalue weighted by Crippen LogP contribution is -2.41. The van der Waals surface area contributed by atoms with Crippen LogP contribution in [0.25, 0.3) is 5.65 Å². The van der Waals surface area contributed by atoms with Crippen LogP contribution in [0.4, 0.5) is 0 Å². The number of imidazole rings is 1. The highest BCUT2D eigenvalue weighted by Crippen LogP contribution is 2.43. The summed E-state index contributed by atoms with van der Waals surface area (Å²) in [5.41, 5.74) is 3.80. The fourth-order valence-electron chi connectivity index (χ4n) is 4.41. The maximum absolute atomic E-state index is 13.2. The van der Waals surface area contributed by atoms with Crippen LogP contribution < -0.4 is 20.6 Å². The number of Topliss-reactive ketones (excluding diaryl/α,β-unsaturated/α-hetero) is 1. The summed E-state index contributed by atoms with van der Waals surface area (Å²) >= 11 is 6.63. The first kappa shape index (κ1) is 21.5. The minimum atomic E-state index is -2.39. The van der Waals surface area contributed by atoms with Gasteiger partial charge in [0.2, 0.25) is 5.78 Å². The van der Waals surface area contributed by atoms with Crippen LogP contribution in [0.15, 0.2) is 115 Å². The number of hydrogen-bond donors (Lipinski definition) is 0. The number of hydrogen-bond acceptors (Lipinski definition) is 2. The van der Waals surface area contributed by atoms with Crippen molar-refractivity contribution in [3.05, 3.63) is 127 Å². The molecule has 0 fully saturated rings. The number of ketones is 1. The zero-order chi connectivity index (χ0) is 22.8. The Balaban J connectivity index is 1.76. The van der Waals surface area contributed by atoms with E-state index in [2.05, 4.69) is 76.7 Å². The second-order valence-corrected chi connectivity index (χ2v) is 12.3. The third-order valence-electron chi connectivity index (χ3n) is 6.01. The molecular weight excluding hydrogens is 443 g/mol. The van der Waals surface area contributed by atoms with Crippen LogP contribution in [-0.4, -0.2) is 10.2 Å². The molecule has 33 heavy (non-hydrogen) atoms. The number of aromatic nitrogens is 2. The van der Waals surface area contributed by atoms with E-state index in [0.717, 1.165) is 27.4 Å². The first-order chi connectivity index (χ1) is 16.1. The van der Waals surface area contributed by atoms with E-state index in [-0.39, 0.29) is 12.3 Å². The van der Waals surface area contributed by atoms with Crippen molar-refractivity contribution in [1.82, 2.24) is 4.40 Å². The molecule has 0 aliphatic carbocycles. The Morgan fingerprint density at radius 3 is 1.88 bits per heavy atom. The second kappa shape index (κ2) is 8.90. The van der Waals surface area contributed by atoms with Crippen molar-refractivity contribution >= 4 is 45.3 Å². The van der Waals surface area contributed by atoms with E-state index in [0.29, 0.717) is 5.56 Å². The predicted molar refractivity (Wildman–Crippen MR) is 139 cm³/mol. The molecule has 2 aromatic heterocycles. The molecule has 0 saturated carbocycles. The van der Waals surface area contributed by atoms with Gasteiger partial charge in [0.25, 0.3) is 5.65 Å². The molecule has 0 spiro atoms. The van der Waals surface area contributed by atoms with E-state index in [4.69, 9.17) is 11.8 Å². The summed E-state index contributed by atoms with van der Waals surface area (Å²) in [5, 5.41) is 2.28. The molecule has 0 N–H and O–H groups in total. The van der Waals surface area contributed by atoms with Crippen molar-refractivity contribution in [2.45, 2.75) is 13.5 Å². The lowest BCUT2D eigenvalue weighted by atomic mass is 10.1. The average molecular weight is 468 g/mol. The van der Waals surface area contributed by atoms with Gasteiger partial charge < -0.3 is 0 Å². The highest BCUT2D eigenvalue weighted by atomic mass is 32.4. The van der Waals surface area contributed by atoms with Crippen LogP contribution in [-0.2, 0) is 18.4 Å². The van der Waals surface area contributed by atoms with Gasteiger partial charge in [0.15, 0.2) is 12.0 Å². The summed E-state index contributed by atoms with van der Waals surface area (Å²) in [6.07, 6.45) is 2.06. The maximum atomic E-state index is 13.2. The SMILES string of the molecule is Cc1c(P(=S)(c2ccccc2)c2ccccc2)n2ccccc2[n+]1CC(=O)c1ccccc1. The largest absolute Gasteiger partial charge is 0.290 e. The normalized spacial score (nSPS) is 11.5. The van der Waals surface area contributed by atoms with Crippen molar-refractivity contribution in [3.8, 4) is 0 Å². The van der Waals surface area contributed by atoms with Crippen LogP contribution in [0.1, 0.15) is 16.1 Å². The topological polar surface area (TPSA) is 25.4 Å². The van der Waals surface area contributed by atoms with Crippen LogP contribution in [0, 0.1) is 6.92 Å². The number of benzene rings is 3. The zero-order valence-electron chi connectivity index (χ0n) is 18.3. The van der Waals surface area contributed by atoms with Crippen LogP contribution >= 0.6 is 6.04 Å². The molecule has 162 valence electrons. The second-order valence-electron chi connectivity index (χ2n) is 7.99. The third kappa shape index (κ3) is 3.76. The molecule has 5 aromatic rings. The molecule has 5 heteroatoms. The zero-order valence-corrected chi connectivity index (χ0v) is 20.0. The Bertz CT molecular complexity index is 1430. The maximum Gasteiger partial charge on any atom is 0.287 e. The summed E-state index contributed by atoms with van der Waals surface area (Å²) in [7, 11) is 0. The Kier molecular flexibility index (Phi) is 5.80. The van der Waals surface area contributed by atoms with Gasteiger partial charge in [-0.3, -0.25) is 4.79 Å². The fraction of sp³-hybridized carbons (Fsp3) is 0.0714. The van der Waals surface area contributed by atoms with Crippen molar-refractivity contribution in [2.24, 2.45) is 0 Å². The molecule has 0 radical (unpaired) electrons. The van der Waals surface area contributed by atoms with E-state index < -0.39 is 6.04 Å². The number of nitrogens with zero attached hydrogens (tertiary/aromatic N) is 2. The molecule has 0 aliphatic heterocycles. The molecular formula is C28H24N2OPS+. The third-order valence-corrected chi connectivity index (χ3v) is 11.0. The number of carbonyl (C=O) groups is 1. The molecule has 0 aliphatic rings. The number of fused-ring (bicyclic) bond motifs is 1. The number of pyridine rings is 1. The molecule has 0 atom stereocenters. The fourth-order valence-corrected chi connectivity index (χ4v) is 8.82. The Morgan fingerprint density at radius 2 is 1.30 bits per heavy atom. The summed E-state index contributed by atoms with van der Waals surface area (Å²) in [5.74, 6) is 0.0827. The molecule has 3 aromatic carbocycles. The number of carbonyl (C=O) groups excluding carboxylic acids is 1. The van der Waals surface area contributed by atoms with Gasteiger partial charge in [0.1, 0.15) is 5.69 Å². The van der Waals surface area contributed by atoms with E-state index in [1.54, 1.807) is 0 Å². The van der Waals surface area contributed by atoms with Gasteiger partial charge in [0, 0.05) is 18.6 Å². The van der Waals surface area contributed by atoms with Gasteiger partial charge in [-0.25, -0.2) is 4.57 Å². The Morgan fingerprint density at radius 1 is 0.788 bits per heavy atom. The summed E-state index contributed by atoms with van der Waals surface area (Å²) in [6, 6.07) is 34.0. The minimum Gasteiger partial charge on any atom is -0.290 e. The van der Waals surface area contributed by atoms with Gasteiger partial charge in [-0.05, 0) is 16.7 Å². The molecule has 3 nitrogen and oxygen atoms in total. The summed E-state index contributed by atoms with van der Waals surface area (Å²) < 4.78 is 4.30. The molecule has 0 saturated heterocycles. The first-order valence-electron chi connectivity index (χ1n) is 10.9. The lowest BCUT2D eigenvalue weighted by molar-refractivity contribution is -0.662. The van der Waals surface area contributed by atoms with Crippen LogP contribution in [0.5, 0.6) is 0 Å². The van der Waals surface area contributed by atoms with E-state index >= 15 is 0 Å². The highest BCUT2D eigenvalue weighted by Gasteiger charge is 2.37. The van der Waals surface area contributed by atoms with Crippen LogP contribution in [0.2, 0.25) is 0 Å². The van der Waals surface area contributed by atoms with E-state index in [9.17, 15) is 4.79 Å². The van der Waals surface area contributed by atoms with Crippen molar-refractivity contribution < 1.29 is 9.36 Å². The Hall–Kier alpha value is -3.33. The monoisotopic (exact) mass is 467 g/mol. The van der Waals surface area contributed by atoms with Gasteiger partial charge in [-0.1, -0.05) is 109 Å². The Labute approximate surface area is 199 Å². The molecule has 5 rings (SSSR count). The van der Waals surface area contributed by atoms with E-state index in [1.165, 1.54) is 0 Å². The molecule has 0 unspecified atom stereocenters. The molecule has 2 heterocycles. The first-order valence-corrected chi connectivity index (χ1v) is 13.7. The van der Waals surface area contributed by atoms with Crippen molar-refractivity contribution in [3.63, 3.8) is 0 Å². The van der Waals surface area contributed by atoms with Crippen molar-refractivity contribution in [1.29, 1.82) is 0 Å². The van der Waals surface area contributed by atoms with Crippen molar-refractivity contribution in [2.75, 3.05) is 0 Å². The van der Waals surface area contributed by atoms with Crippen LogP contribution in [0.3, 0.4) is 0 Å². The minimum absolute atomic E-state index is 0.0827. The number of rotatable bonds is 6. The predicted octanol–water partition coefficient (Wildman–Crippen LogP) is 4.17. The summed E-state index contributed by atoms with van der Waals surface area (Å²) in [6.45, 7) is 2.36. The molecule has 0 bridgehead atoms. The average Bonchev–Trinajstić information content (AvgIpc) is 3.16. The smallest absolute Gasteiger partial charge is 0.287 e. The lowest BCUT2D eigenvalue weighted by Gasteiger charge is -2.21. The highest BCUT2D eigenvalue weighted by molar-refractivity contribution is 8.25. The quantitative estimate of drug-likeness (QED) is 0.213.